The van der Waals surface area contributed by atoms with Crippen LogP contribution in [0.2, 0.25) is 0 Å². The van der Waals surface area contributed by atoms with E-state index in [1.54, 1.807) is 0 Å². The van der Waals surface area contributed by atoms with Gasteiger partial charge in [-0.15, -0.1) is 0 Å². The molecular weight excluding hydrogens is 154 g/mol. The van der Waals surface area contributed by atoms with E-state index >= 15 is 0 Å². The highest BCUT2D eigenvalue weighted by atomic mass is 16.5. The summed E-state index contributed by atoms with van der Waals surface area (Å²) in [5.74, 6) is -0.190. The van der Waals surface area contributed by atoms with Gasteiger partial charge in [0.2, 0.25) is 0 Å². The van der Waals surface area contributed by atoms with E-state index in [4.69, 9.17) is 0 Å². The number of carbonyl (C=O) groups is 1. The molecule has 1 unspecified atom stereocenters. The predicted octanol–water partition coefficient (Wildman–Crippen LogP) is 0.858. The number of hydrogen-bond acceptors (Lipinski definition) is 3. The first-order chi connectivity index (χ1) is 5.83. The van der Waals surface area contributed by atoms with Crippen LogP contribution in [0.1, 0.15) is 19.3 Å². The number of allylic oxidation sites excluding steroid dienone is 1. The van der Waals surface area contributed by atoms with Crippen molar-refractivity contribution in [1.82, 2.24) is 5.32 Å². The molecule has 0 radical (unpaired) electrons. The zero-order valence-electron chi connectivity index (χ0n) is 7.38. The maximum absolute atomic E-state index is 10.8. The van der Waals surface area contributed by atoms with E-state index in [1.165, 1.54) is 7.11 Å². The first-order valence-corrected chi connectivity index (χ1v) is 4.28. The maximum Gasteiger partial charge on any atom is 0.319 e. The summed E-state index contributed by atoms with van der Waals surface area (Å²) in [6.07, 6.45) is 7.58. The first-order valence-electron chi connectivity index (χ1n) is 4.28. The number of carbonyl (C=O) groups excluding carboxylic acids is 1. The van der Waals surface area contributed by atoms with Crippen molar-refractivity contribution in [3.05, 3.63) is 12.2 Å². The normalized spacial score (nSPS) is 22.2. The van der Waals surface area contributed by atoms with Crippen LogP contribution in [0.15, 0.2) is 12.2 Å². The molecule has 12 heavy (non-hydrogen) atoms. The van der Waals surface area contributed by atoms with Crippen LogP contribution in [-0.2, 0) is 9.53 Å². The van der Waals surface area contributed by atoms with Gasteiger partial charge in [0.25, 0.3) is 0 Å². The molecule has 1 atom stereocenters. The standard InChI is InChI=1S/C9H15NO2/c1-12-9(11)7-10-8-5-3-2-4-6-8/h2-3,8,10H,4-7H2,1H3. The molecular formula is C9H15NO2. The van der Waals surface area contributed by atoms with Crippen LogP contribution in [0.5, 0.6) is 0 Å². The minimum Gasteiger partial charge on any atom is -0.468 e. The molecule has 1 rings (SSSR count). The molecule has 0 bridgehead atoms. The van der Waals surface area contributed by atoms with Gasteiger partial charge < -0.3 is 10.1 Å². The number of methoxy groups -OCH3 is 1. The fraction of sp³-hybridized carbons (Fsp3) is 0.667. The Morgan fingerprint density at radius 3 is 3.08 bits per heavy atom. The number of rotatable bonds is 3. The second-order valence-corrected chi connectivity index (χ2v) is 2.94. The quantitative estimate of drug-likeness (QED) is 0.503. The largest absolute Gasteiger partial charge is 0.468 e. The minimum absolute atomic E-state index is 0.190. The van der Waals surface area contributed by atoms with Gasteiger partial charge in [-0.3, -0.25) is 4.79 Å². The molecule has 0 saturated carbocycles. The van der Waals surface area contributed by atoms with Gasteiger partial charge in [-0.05, 0) is 19.3 Å². The van der Waals surface area contributed by atoms with Gasteiger partial charge in [-0.25, -0.2) is 0 Å². The highest BCUT2D eigenvalue weighted by Gasteiger charge is 2.10. The second-order valence-electron chi connectivity index (χ2n) is 2.94. The summed E-state index contributed by atoms with van der Waals surface area (Å²) in [7, 11) is 1.41. The third-order valence-electron chi connectivity index (χ3n) is 2.03. The van der Waals surface area contributed by atoms with Crippen molar-refractivity contribution in [2.45, 2.75) is 25.3 Å². The molecule has 0 fully saturated rings. The molecule has 0 amide bonds. The molecule has 0 aromatic heterocycles. The molecule has 1 aliphatic rings. The fourth-order valence-corrected chi connectivity index (χ4v) is 1.28. The zero-order chi connectivity index (χ0) is 8.81. The third-order valence-corrected chi connectivity index (χ3v) is 2.03. The highest BCUT2D eigenvalue weighted by Crippen LogP contribution is 2.09. The summed E-state index contributed by atoms with van der Waals surface area (Å²) < 4.78 is 4.52. The Kier molecular flexibility index (Phi) is 3.80. The monoisotopic (exact) mass is 169 g/mol. The zero-order valence-corrected chi connectivity index (χ0v) is 7.38. The number of esters is 1. The van der Waals surface area contributed by atoms with E-state index in [0.717, 1.165) is 19.3 Å². The van der Waals surface area contributed by atoms with Crippen LogP contribution in [0.3, 0.4) is 0 Å². The Morgan fingerprint density at radius 1 is 1.67 bits per heavy atom. The van der Waals surface area contributed by atoms with Crippen molar-refractivity contribution in [2.24, 2.45) is 0 Å². The van der Waals surface area contributed by atoms with Crippen LogP contribution in [0.4, 0.5) is 0 Å². The Bertz CT molecular complexity index is 177. The maximum atomic E-state index is 10.8. The van der Waals surface area contributed by atoms with E-state index in [2.05, 4.69) is 22.2 Å². The smallest absolute Gasteiger partial charge is 0.319 e. The predicted molar refractivity (Wildman–Crippen MR) is 46.8 cm³/mol. The number of nitrogens with one attached hydrogen (secondary N) is 1. The van der Waals surface area contributed by atoms with Crippen LogP contribution in [0, 0.1) is 0 Å². The molecule has 0 heterocycles. The summed E-state index contributed by atoms with van der Waals surface area (Å²) in [6.45, 7) is 0.328. The van der Waals surface area contributed by atoms with E-state index < -0.39 is 0 Å². The molecule has 3 nitrogen and oxygen atoms in total. The van der Waals surface area contributed by atoms with Gasteiger partial charge in [0.1, 0.15) is 0 Å². The van der Waals surface area contributed by atoms with E-state index in [0.29, 0.717) is 12.6 Å². The van der Waals surface area contributed by atoms with Crippen molar-refractivity contribution in [3.63, 3.8) is 0 Å². The van der Waals surface area contributed by atoms with Gasteiger partial charge in [0, 0.05) is 6.04 Å². The lowest BCUT2D eigenvalue weighted by Gasteiger charge is -2.18. The minimum atomic E-state index is -0.190. The topological polar surface area (TPSA) is 38.3 Å². The molecule has 3 heteroatoms. The van der Waals surface area contributed by atoms with Gasteiger partial charge in [0.15, 0.2) is 0 Å². The van der Waals surface area contributed by atoms with E-state index in [-0.39, 0.29) is 5.97 Å². The molecule has 0 aromatic rings. The molecule has 68 valence electrons. The Labute approximate surface area is 72.8 Å². The van der Waals surface area contributed by atoms with Crippen molar-refractivity contribution in [2.75, 3.05) is 13.7 Å². The van der Waals surface area contributed by atoms with Crippen molar-refractivity contribution < 1.29 is 9.53 Å². The fourth-order valence-electron chi connectivity index (χ4n) is 1.28. The molecule has 0 saturated heterocycles. The van der Waals surface area contributed by atoms with Gasteiger partial charge in [0.05, 0.1) is 13.7 Å². The van der Waals surface area contributed by atoms with Crippen LogP contribution >= 0.6 is 0 Å². The van der Waals surface area contributed by atoms with Crippen molar-refractivity contribution in [1.29, 1.82) is 0 Å². The SMILES string of the molecule is COC(=O)CNC1CC=CCC1. The number of ether oxygens (including phenoxy) is 1. The van der Waals surface area contributed by atoms with Crippen LogP contribution < -0.4 is 5.32 Å². The molecule has 0 aliphatic heterocycles. The second kappa shape index (κ2) is 4.93. The first kappa shape index (κ1) is 9.26. The van der Waals surface area contributed by atoms with E-state index in [9.17, 15) is 4.79 Å². The lowest BCUT2D eigenvalue weighted by atomic mass is 10.0. The summed E-state index contributed by atoms with van der Waals surface area (Å²) in [5.41, 5.74) is 0. The summed E-state index contributed by atoms with van der Waals surface area (Å²) in [5, 5.41) is 3.15. The highest BCUT2D eigenvalue weighted by molar-refractivity contribution is 5.71. The van der Waals surface area contributed by atoms with Gasteiger partial charge >= 0.3 is 5.97 Å². The van der Waals surface area contributed by atoms with Crippen LogP contribution in [0.25, 0.3) is 0 Å². The average molecular weight is 169 g/mol. The van der Waals surface area contributed by atoms with Gasteiger partial charge in [-0.1, -0.05) is 12.2 Å². The summed E-state index contributed by atoms with van der Waals surface area (Å²) >= 11 is 0. The van der Waals surface area contributed by atoms with Crippen molar-refractivity contribution >= 4 is 5.97 Å². The molecule has 0 spiro atoms. The third kappa shape index (κ3) is 3.05. The summed E-state index contributed by atoms with van der Waals surface area (Å²) in [4.78, 5) is 10.8. The molecule has 1 N–H and O–H groups in total. The van der Waals surface area contributed by atoms with Crippen LogP contribution in [-0.4, -0.2) is 25.7 Å². The molecule has 1 aliphatic carbocycles. The van der Waals surface area contributed by atoms with E-state index in [1.807, 2.05) is 0 Å². The van der Waals surface area contributed by atoms with Gasteiger partial charge in [-0.2, -0.15) is 0 Å². The number of hydrogen-bond donors (Lipinski definition) is 1. The lowest BCUT2D eigenvalue weighted by Crippen LogP contribution is -2.34. The lowest BCUT2D eigenvalue weighted by molar-refractivity contribution is -0.139. The Balaban J connectivity index is 2.14. The van der Waals surface area contributed by atoms with Crippen molar-refractivity contribution in [3.8, 4) is 0 Å². The Hall–Kier alpha value is -0.830. The molecule has 0 aromatic carbocycles. The summed E-state index contributed by atoms with van der Waals surface area (Å²) in [6, 6.07) is 0.453. The average Bonchev–Trinajstić information content (AvgIpc) is 2.16. The Morgan fingerprint density at radius 2 is 2.50 bits per heavy atom.